The number of carbonyl (C=O) groups is 1. The molecule has 3 rings (SSSR count). The Labute approximate surface area is 96.2 Å². The fourth-order valence-corrected chi connectivity index (χ4v) is 2.97. The number of Topliss-reactive ketones (excluding diaryl/α,β-unsaturated/α-hetero) is 1. The third-order valence-corrected chi connectivity index (χ3v) is 3.93. The maximum Gasteiger partial charge on any atom is 0.162 e. The number of carbonyl (C=O) groups excluding carboxylic acids is 1. The van der Waals surface area contributed by atoms with Crippen molar-refractivity contribution < 1.29 is 4.79 Å². The minimum Gasteiger partial charge on any atom is -0.294 e. The second kappa shape index (κ2) is 3.58. The largest absolute Gasteiger partial charge is 0.294 e. The van der Waals surface area contributed by atoms with Crippen molar-refractivity contribution in [1.82, 2.24) is 0 Å². The van der Waals surface area contributed by atoms with Crippen LogP contribution in [-0.4, -0.2) is 5.78 Å². The van der Waals surface area contributed by atoms with Gasteiger partial charge in [0.25, 0.3) is 0 Å². The van der Waals surface area contributed by atoms with Crippen LogP contribution in [0.4, 0.5) is 0 Å². The summed E-state index contributed by atoms with van der Waals surface area (Å²) in [6.07, 6.45) is 5.55. The molecule has 0 radical (unpaired) electrons. The molecule has 82 valence electrons. The van der Waals surface area contributed by atoms with E-state index in [4.69, 9.17) is 0 Å². The first-order valence-corrected chi connectivity index (χ1v) is 6.06. The Bertz CT molecular complexity index is 453. The number of hydrogen-bond acceptors (Lipinski definition) is 1. The van der Waals surface area contributed by atoms with E-state index < -0.39 is 0 Å². The molecule has 2 aliphatic carbocycles. The van der Waals surface area contributed by atoms with Crippen molar-refractivity contribution in [3.8, 4) is 0 Å². The van der Waals surface area contributed by atoms with Crippen molar-refractivity contribution in [2.75, 3.05) is 0 Å². The molecule has 2 saturated carbocycles. The summed E-state index contributed by atoms with van der Waals surface area (Å²) in [6, 6.07) is 8.40. The first-order valence-electron chi connectivity index (χ1n) is 6.06. The molecule has 0 heterocycles. The van der Waals surface area contributed by atoms with E-state index in [1.54, 1.807) is 0 Å². The SMILES string of the molecule is Cc1ccc(/C=C2/C(=O)[C@H]3CC[C@@H]2C3)cc1. The van der Waals surface area contributed by atoms with Crippen molar-refractivity contribution in [1.29, 1.82) is 0 Å². The highest BCUT2D eigenvalue weighted by Crippen LogP contribution is 2.46. The van der Waals surface area contributed by atoms with Gasteiger partial charge in [0.1, 0.15) is 0 Å². The summed E-state index contributed by atoms with van der Waals surface area (Å²) in [5.41, 5.74) is 3.52. The summed E-state index contributed by atoms with van der Waals surface area (Å²) in [6.45, 7) is 2.08. The number of aryl methyl sites for hydroxylation is 1. The molecular formula is C15H16O. The van der Waals surface area contributed by atoms with Crippen LogP contribution in [0.3, 0.4) is 0 Å². The molecule has 1 nitrogen and oxygen atoms in total. The molecule has 2 aliphatic rings. The Morgan fingerprint density at radius 1 is 1.12 bits per heavy atom. The number of hydrogen-bond donors (Lipinski definition) is 0. The Kier molecular flexibility index (Phi) is 2.20. The van der Waals surface area contributed by atoms with Gasteiger partial charge in [-0.2, -0.15) is 0 Å². The first-order chi connectivity index (χ1) is 7.74. The van der Waals surface area contributed by atoms with E-state index in [-0.39, 0.29) is 0 Å². The highest BCUT2D eigenvalue weighted by molar-refractivity contribution is 6.04. The number of allylic oxidation sites excluding steroid dienone is 1. The molecule has 0 amide bonds. The lowest BCUT2D eigenvalue weighted by Crippen LogP contribution is -2.11. The van der Waals surface area contributed by atoms with Gasteiger partial charge in [-0.3, -0.25) is 4.79 Å². The van der Waals surface area contributed by atoms with Crippen LogP contribution in [0.25, 0.3) is 6.08 Å². The third-order valence-electron chi connectivity index (χ3n) is 3.93. The van der Waals surface area contributed by atoms with Crippen molar-refractivity contribution in [2.24, 2.45) is 11.8 Å². The highest BCUT2D eigenvalue weighted by Gasteiger charge is 2.42. The Balaban J connectivity index is 1.93. The molecule has 1 aromatic carbocycles. The monoisotopic (exact) mass is 212 g/mol. The summed E-state index contributed by atoms with van der Waals surface area (Å²) in [4.78, 5) is 12.0. The average molecular weight is 212 g/mol. The lowest BCUT2D eigenvalue weighted by Gasteiger charge is -2.11. The summed E-state index contributed by atoms with van der Waals surface area (Å²) < 4.78 is 0. The Morgan fingerprint density at radius 2 is 1.81 bits per heavy atom. The Hall–Kier alpha value is -1.37. The van der Waals surface area contributed by atoms with Gasteiger partial charge in [-0.25, -0.2) is 0 Å². The van der Waals surface area contributed by atoms with Crippen LogP contribution in [0.1, 0.15) is 30.4 Å². The van der Waals surface area contributed by atoms with Crippen LogP contribution in [0.5, 0.6) is 0 Å². The van der Waals surface area contributed by atoms with Crippen molar-refractivity contribution in [3.05, 3.63) is 41.0 Å². The minimum absolute atomic E-state index is 0.349. The van der Waals surface area contributed by atoms with E-state index >= 15 is 0 Å². The van der Waals surface area contributed by atoms with E-state index in [2.05, 4.69) is 37.3 Å². The molecule has 0 N–H and O–H groups in total. The number of rotatable bonds is 1. The van der Waals surface area contributed by atoms with Crippen LogP contribution in [0.15, 0.2) is 29.8 Å². The van der Waals surface area contributed by atoms with Crippen LogP contribution < -0.4 is 0 Å². The van der Waals surface area contributed by atoms with Crippen LogP contribution in [0.2, 0.25) is 0 Å². The van der Waals surface area contributed by atoms with Gasteiger partial charge in [-0.15, -0.1) is 0 Å². The molecule has 2 atom stereocenters. The molecule has 0 spiro atoms. The topological polar surface area (TPSA) is 17.1 Å². The molecule has 2 bridgehead atoms. The van der Waals surface area contributed by atoms with E-state index in [1.807, 2.05) is 0 Å². The fourth-order valence-electron chi connectivity index (χ4n) is 2.97. The van der Waals surface area contributed by atoms with Crippen LogP contribution in [0, 0.1) is 18.8 Å². The smallest absolute Gasteiger partial charge is 0.162 e. The predicted molar refractivity (Wildman–Crippen MR) is 65.0 cm³/mol. The van der Waals surface area contributed by atoms with E-state index in [0.29, 0.717) is 17.6 Å². The summed E-state index contributed by atoms with van der Waals surface area (Å²) >= 11 is 0. The Morgan fingerprint density at radius 3 is 2.44 bits per heavy atom. The van der Waals surface area contributed by atoms with Gasteiger partial charge in [0.15, 0.2) is 5.78 Å². The molecule has 1 aromatic rings. The van der Waals surface area contributed by atoms with Gasteiger partial charge in [-0.1, -0.05) is 29.8 Å². The quantitative estimate of drug-likeness (QED) is 0.652. The molecule has 0 aliphatic heterocycles. The van der Waals surface area contributed by atoms with Crippen LogP contribution in [-0.2, 0) is 4.79 Å². The molecule has 0 saturated heterocycles. The average Bonchev–Trinajstić information content (AvgIpc) is 2.85. The second-order valence-electron chi connectivity index (χ2n) is 5.08. The summed E-state index contributed by atoms with van der Waals surface area (Å²) in [5.74, 6) is 1.32. The highest BCUT2D eigenvalue weighted by atomic mass is 16.1. The van der Waals surface area contributed by atoms with E-state index in [0.717, 1.165) is 18.4 Å². The molecule has 2 fully saturated rings. The van der Waals surface area contributed by atoms with Crippen molar-refractivity contribution in [2.45, 2.75) is 26.2 Å². The van der Waals surface area contributed by atoms with Gasteiger partial charge in [0.2, 0.25) is 0 Å². The predicted octanol–water partition coefficient (Wildman–Crippen LogP) is 3.38. The molecule has 16 heavy (non-hydrogen) atoms. The third kappa shape index (κ3) is 1.51. The number of fused-ring (bicyclic) bond motifs is 2. The zero-order valence-corrected chi connectivity index (χ0v) is 9.57. The molecular weight excluding hydrogens is 196 g/mol. The standard InChI is InChI=1S/C15H16O/c1-10-2-4-11(5-3-10)8-14-12-6-7-13(9-12)15(14)16/h2-5,8,12-13H,6-7,9H2,1H3/b14-8+/t12-,13+/m1/s1. The zero-order valence-electron chi connectivity index (χ0n) is 9.57. The fraction of sp³-hybridized carbons (Fsp3) is 0.400. The lowest BCUT2D eigenvalue weighted by molar-refractivity contribution is -0.118. The lowest BCUT2D eigenvalue weighted by atomic mass is 9.92. The first kappa shape index (κ1) is 9.83. The minimum atomic E-state index is 0.349. The maximum atomic E-state index is 12.0. The normalized spacial score (nSPS) is 30.3. The summed E-state index contributed by atoms with van der Waals surface area (Å²) in [7, 11) is 0. The second-order valence-corrected chi connectivity index (χ2v) is 5.08. The van der Waals surface area contributed by atoms with Crippen molar-refractivity contribution >= 4 is 11.9 Å². The molecule has 0 aromatic heterocycles. The van der Waals surface area contributed by atoms with Crippen molar-refractivity contribution in [3.63, 3.8) is 0 Å². The van der Waals surface area contributed by atoms with Gasteiger partial charge < -0.3 is 0 Å². The van der Waals surface area contributed by atoms with E-state index in [9.17, 15) is 4.79 Å². The van der Waals surface area contributed by atoms with Gasteiger partial charge >= 0.3 is 0 Å². The van der Waals surface area contributed by atoms with Gasteiger partial charge in [0.05, 0.1) is 0 Å². The maximum absolute atomic E-state index is 12.0. The molecule has 1 heteroatoms. The van der Waals surface area contributed by atoms with Gasteiger partial charge in [-0.05, 0) is 49.3 Å². The van der Waals surface area contributed by atoms with Crippen LogP contribution >= 0.6 is 0 Å². The van der Waals surface area contributed by atoms with Gasteiger partial charge in [0, 0.05) is 5.92 Å². The van der Waals surface area contributed by atoms with E-state index in [1.165, 1.54) is 17.5 Å². The molecule has 0 unspecified atom stereocenters. The number of benzene rings is 1. The zero-order chi connectivity index (χ0) is 11.1. The number of ketones is 1. The summed E-state index contributed by atoms with van der Waals surface area (Å²) in [5, 5.41) is 0.